The highest BCUT2D eigenvalue weighted by Gasteiger charge is 2.24. The lowest BCUT2D eigenvalue weighted by Crippen LogP contribution is -2.35. The SMILES string of the molecule is COCc1nc(N2CCC(C(C)C)CC2)sc1C=O. The molecule has 1 aromatic rings. The molecule has 0 aliphatic carbocycles. The summed E-state index contributed by atoms with van der Waals surface area (Å²) in [5, 5.41) is 0.969. The fourth-order valence-corrected chi connectivity index (χ4v) is 3.51. The van der Waals surface area contributed by atoms with E-state index in [9.17, 15) is 4.79 Å². The van der Waals surface area contributed by atoms with Crippen molar-refractivity contribution in [3.8, 4) is 0 Å². The monoisotopic (exact) mass is 282 g/mol. The van der Waals surface area contributed by atoms with Gasteiger partial charge in [0, 0.05) is 20.2 Å². The van der Waals surface area contributed by atoms with Crippen LogP contribution in [-0.4, -0.2) is 31.5 Å². The maximum atomic E-state index is 11.0. The lowest BCUT2D eigenvalue weighted by Gasteiger charge is -2.33. The third-order valence-electron chi connectivity index (χ3n) is 3.86. The number of hydrogen-bond acceptors (Lipinski definition) is 5. The second-order valence-electron chi connectivity index (χ2n) is 5.43. The smallest absolute Gasteiger partial charge is 0.186 e. The molecule has 1 fully saturated rings. The van der Waals surface area contributed by atoms with Crippen LogP contribution in [0.1, 0.15) is 42.1 Å². The first-order chi connectivity index (χ1) is 9.15. The summed E-state index contributed by atoms with van der Waals surface area (Å²) in [7, 11) is 1.63. The quantitative estimate of drug-likeness (QED) is 0.779. The molecule has 0 aromatic carbocycles. The van der Waals surface area contributed by atoms with E-state index in [1.807, 2.05) is 0 Å². The molecule has 1 aliphatic rings. The first-order valence-electron chi connectivity index (χ1n) is 6.84. The standard InChI is InChI=1S/C14H22N2O2S/c1-10(2)11-4-6-16(7-5-11)14-15-12(9-18-3)13(8-17)19-14/h8,10-11H,4-7,9H2,1-3H3. The molecule has 19 heavy (non-hydrogen) atoms. The van der Waals surface area contributed by atoms with Crippen LogP contribution in [0.3, 0.4) is 0 Å². The van der Waals surface area contributed by atoms with E-state index in [0.29, 0.717) is 11.5 Å². The Bertz CT molecular complexity index is 423. The highest BCUT2D eigenvalue weighted by Crippen LogP contribution is 2.31. The van der Waals surface area contributed by atoms with E-state index in [4.69, 9.17) is 4.74 Å². The fraction of sp³-hybridized carbons (Fsp3) is 0.714. The predicted molar refractivity (Wildman–Crippen MR) is 78.0 cm³/mol. The average Bonchev–Trinajstić information content (AvgIpc) is 2.82. The van der Waals surface area contributed by atoms with Crippen molar-refractivity contribution in [3.63, 3.8) is 0 Å². The molecule has 0 saturated carbocycles. The zero-order valence-electron chi connectivity index (χ0n) is 11.9. The van der Waals surface area contributed by atoms with Crippen LogP contribution in [0.4, 0.5) is 5.13 Å². The van der Waals surface area contributed by atoms with E-state index >= 15 is 0 Å². The minimum absolute atomic E-state index is 0.410. The minimum atomic E-state index is 0.410. The van der Waals surface area contributed by atoms with Crippen molar-refractivity contribution in [1.29, 1.82) is 0 Å². The molecule has 106 valence electrons. The number of aldehydes is 1. The molecule has 0 radical (unpaired) electrons. The van der Waals surface area contributed by atoms with Gasteiger partial charge in [-0.05, 0) is 24.7 Å². The van der Waals surface area contributed by atoms with Crippen LogP contribution in [0.2, 0.25) is 0 Å². The van der Waals surface area contributed by atoms with Crippen LogP contribution in [0.15, 0.2) is 0 Å². The van der Waals surface area contributed by atoms with Crippen molar-refractivity contribution in [3.05, 3.63) is 10.6 Å². The van der Waals surface area contributed by atoms with Gasteiger partial charge in [-0.2, -0.15) is 0 Å². The highest BCUT2D eigenvalue weighted by atomic mass is 32.1. The van der Waals surface area contributed by atoms with Gasteiger partial charge in [-0.1, -0.05) is 25.2 Å². The number of anilines is 1. The van der Waals surface area contributed by atoms with Gasteiger partial charge < -0.3 is 9.64 Å². The summed E-state index contributed by atoms with van der Waals surface area (Å²) in [6.07, 6.45) is 3.32. The van der Waals surface area contributed by atoms with Crippen molar-refractivity contribution in [2.24, 2.45) is 11.8 Å². The summed E-state index contributed by atoms with van der Waals surface area (Å²) in [4.78, 5) is 18.6. The molecule has 1 aliphatic heterocycles. The average molecular weight is 282 g/mol. The Morgan fingerprint density at radius 3 is 2.68 bits per heavy atom. The maximum Gasteiger partial charge on any atom is 0.186 e. The number of hydrogen-bond donors (Lipinski definition) is 0. The number of rotatable bonds is 5. The van der Waals surface area contributed by atoms with Gasteiger partial charge in [0.05, 0.1) is 17.2 Å². The highest BCUT2D eigenvalue weighted by molar-refractivity contribution is 7.17. The Hall–Kier alpha value is -0.940. The Balaban J connectivity index is 2.05. The van der Waals surface area contributed by atoms with Gasteiger partial charge >= 0.3 is 0 Å². The zero-order valence-corrected chi connectivity index (χ0v) is 12.7. The van der Waals surface area contributed by atoms with E-state index in [1.165, 1.54) is 24.2 Å². The number of carbonyl (C=O) groups is 1. The zero-order chi connectivity index (χ0) is 13.8. The molecule has 2 rings (SSSR count). The number of methoxy groups -OCH3 is 1. The summed E-state index contributed by atoms with van der Waals surface area (Å²) in [5.41, 5.74) is 0.767. The first kappa shape index (κ1) is 14.5. The molecule has 0 N–H and O–H groups in total. The number of thiazole rings is 1. The maximum absolute atomic E-state index is 11.0. The van der Waals surface area contributed by atoms with Crippen molar-refractivity contribution in [1.82, 2.24) is 4.98 Å². The van der Waals surface area contributed by atoms with Crippen LogP contribution in [0.5, 0.6) is 0 Å². The van der Waals surface area contributed by atoms with E-state index in [-0.39, 0.29) is 0 Å². The molecule has 0 atom stereocenters. The van der Waals surface area contributed by atoms with Crippen molar-refractivity contribution >= 4 is 22.8 Å². The molecular weight excluding hydrogens is 260 g/mol. The molecule has 5 heteroatoms. The van der Waals surface area contributed by atoms with Crippen LogP contribution in [0, 0.1) is 11.8 Å². The van der Waals surface area contributed by atoms with E-state index < -0.39 is 0 Å². The number of piperidine rings is 1. The lowest BCUT2D eigenvalue weighted by molar-refractivity contribution is 0.112. The number of aromatic nitrogens is 1. The Morgan fingerprint density at radius 2 is 2.16 bits per heavy atom. The first-order valence-corrected chi connectivity index (χ1v) is 7.66. The van der Waals surface area contributed by atoms with Gasteiger partial charge in [0.2, 0.25) is 0 Å². The van der Waals surface area contributed by atoms with E-state index in [2.05, 4.69) is 23.7 Å². The van der Waals surface area contributed by atoms with Crippen LogP contribution in [0.25, 0.3) is 0 Å². The summed E-state index contributed by atoms with van der Waals surface area (Å²) in [6, 6.07) is 0. The summed E-state index contributed by atoms with van der Waals surface area (Å²) < 4.78 is 5.09. The third-order valence-corrected chi connectivity index (χ3v) is 4.94. The second-order valence-corrected chi connectivity index (χ2v) is 6.44. The normalized spacial score (nSPS) is 17.2. The van der Waals surface area contributed by atoms with Gasteiger partial charge in [-0.25, -0.2) is 4.98 Å². The summed E-state index contributed by atoms with van der Waals surface area (Å²) >= 11 is 1.48. The van der Waals surface area contributed by atoms with Crippen molar-refractivity contribution in [2.45, 2.75) is 33.3 Å². The van der Waals surface area contributed by atoms with Gasteiger partial charge in [0.15, 0.2) is 11.4 Å². The summed E-state index contributed by atoms with van der Waals surface area (Å²) in [6.45, 7) is 7.09. The molecule has 1 aromatic heterocycles. The number of nitrogens with zero attached hydrogens (tertiary/aromatic N) is 2. The van der Waals surface area contributed by atoms with Crippen LogP contribution >= 0.6 is 11.3 Å². The Labute approximate surface area is 118 Å². The van der Waals surface area contributed by atoms with Crippen LogP contribution in [-0.2, 0) is 11.3 Å². The minimum Gasteiger partial charge on any atom is -0.378 e. The Morgan fingerprint density at radius 1 is 1.47 bits per heavy atom. The van der Waals surface area contributed by atoms with Gasteiger partial charge in [0.1, 0.15) is 0 Å². The Kier molecular flexibility index (Phi) is 4.93. The third kappa shape index (κ3) is 3.34. The van der Waals surface area contributed by atoms with Crippen molar-refractivity contribution in [2.75, 3.05) is 25.1 Å². The number of carbonyl (C=O) groups excluding carboxylic acids is 1. The molecule has 1 saturated heterocycles. The van der Waals surface area contributed by atoms with Crippen LogP contribution < -0.4 is 4.90 Å². The fourth-order valence-electron chi connectivity index (χ4n) is 2.58. The molecule has 4 nitrogen and oxygen atoms in total. The molecule has 0 unspecified atom stereocenters. The lowest BCUT2D eigenvalue weighted by atomic mass is 9.87. The van der Waals surface area contributed by atoms with Crippen molar-refractivity contribution < 1.29 is 9.53 Å². The van der Waals surface area contributed by atoms with E-state index in [1.54, 1.807) is 7.11 Å². The molecule has 0 bridgehead atoms. The van der Waals surface area contributed by atoms with Gasteiger partial charge in [-0.15, -0.1) is 0 Å². The molecule has 0 spiro atoms. The molecule has 2 heterocycles. The largest absolute Gasteiger partial charge is 0.378 e. The number of ether oxygens (including phenoxy) is 1. The van der Waals surface area contributed by atoms with Gasteiger partial charge in [-0.3, -0.25) is 4.79 Å². The van der Waals surface area contributed by atoms with E-state index in [0.717, 1.165) is 42.0 Å². The summed E-state index contributed by atoms with van der Waals surface area (Å²) in [5.74, 6) is 1.58. The second kappa shape index (κ2) is 6.48. The predicted octanol–water partition coefficient (Wildman–Crippen LogP) is 2.97. The molecule has 0 amide bonds. The molecular formula is C14H22N2O2S. The van der Waals surface area contributed by atoms with Gasteiger partial charge in [0.25, 0.3) is 0 Å². The topological polar surface area (TPSA) is 42.4 Å².